The van der Waals surface area contributed by atoms with Crippen LogP contribution in [0.4, 0.5) is 0 Å². The Bertz CT molecular complexity index is 6.00. The summed E-state index contributed by atoms with van der Waals surface area (Å²) in [5.74, 6) is 0. The molecule has 0 aliphatic heterocycles. The summed E-state index contributed by atoms with van der Waals surface area (Å²) in [6.07, 6.45) is 0. The van der Waals surface area contributed by atoms with Crippen molar-refractivity contribution in [2.24, 2.45) is 0 Å². The number of rotatable bonds is 0. The van der Waals surface area contributed by atoms with E-state index in [9.17, 15) is 0 Å². The van der Waals surface area contributed by atoms with E-state index in [0.29, 0.717) is 0 Å². The van der Waals surface area contributed by atoms with Crippen molar-refractivity contribution in [3.05, 3.63) is 0 Å². The molecule has 0 amide bonds. The van der Waals surface area contributed by atoms with Gasteiger partial charge in [-0.25, -0.2) is 0 Å². The Morgan fingerprint density at radius 1 is 1.25 bits per heavy atom. The first kappa shape index (κ1) is 10.6. The second kappa shape index (κ2) is 9.81. The quantitative estimate of drug-likeness (QED) is 0.334. The summed E-state index contributed by atoms with van der Waals surface area (Å²) >= 11 is 4.96. The summed E-state index contributed by atoms with van der Waals surface area (Å²) in [5, 5.41) is 0. The van der Waals surface area contributed by atoms with Crippen LogP contribution >= 0.6 is 35.5 Å². The molecule has 0 saturated heterocycles. The van der Waals surface area contributed by atoms with E-state index >= 15 is 0 Å². The monoisotopic (exact) mass is 504 g/mol. The zero-order valence-corrected chi connectivity index (χ0v) is 9.46. The molecule has 0 saturated carbocycles. The van der Waals surface area contributed by atoms with Gasteiger partial charge in [0.2, 0.25) is 0 Å². The first-order chi connectivity index (χ1) is 1.41. The molecule has 4 heavy (non-hydrogen) atoms. The van der Waals surface area contributed by atoms with E-state index in [2.05, 4.69) is 35.5 Å². The Labute approximate surface area is 86.0 Å². The molecule has 0 fully saturated rings. The van der Waals surface area contributed by atoms with Crippen molar-refractivity contribution in [1.29, 1.82) is 0 Å². The second-order valence-corrected chi connectivity index (χ2v) is 28.2. The van der Waals surface area contributed by atoms with Crippen molar-refractivity contribution in [2.75, 3.05) is 0 Å². The van der Waals surface area contributed by atoms with E-state index in [1.165, 1.54) is 0 Å². The van der Waals surface area contributed by atoms with E-state index in [0.717, 1.165) is 0 Å². The molecule has 0 atom stereocenters. The molecule has 2 radical (unpaired) electrons. The summed E-state index contributed by atoms with van der Waals surface area (Å²) in [6.45, 7) is 0. The Morgan fingerprint density at radius 2 is 1.25 bits per heavy atom. The van der Waals surface area contributed by atoms with Crippen LogP contribution in [0.2, 0.25) is 0 Å². The molecule has 0 aromatic heterocycles. The van der Waals surface area contributed by atoms with Gasteiger partial charge in [0, 0.05) is 0 Å². The van der Waals surface area contributed by atoms with Crippen molar-refractivity contribution in [1.82, 2.24) is 0 Å². The third-order valence-electron chi connectivity index (χ3n) is 0. The predicted octanol–water partition coefficient (Wildman–Crippen LogP) is 0.474. The molecule has 0 aromatic carbocycles. The molecule has 0 spiro atoms. The van der Waals surface area contributed by atoms with Gasteiger partial charge in [0.1, 0.15) is 0 Å². The average Bonchev–Trinajstić information content (AvgIpc) is 0.918. The summed E-state index contributed by atoms with van der Waals surface area (Å²) in [6, 6.07) is 0. The Balaban J connectivity index is 0. The van der Waals surface area contributed by atoms with E-state index in [1.807, 2.05) is 0 Å². The second-order valence-electron chi connectivity index (χ2n) is 0.0714. The average molecular weight is 503 g/mol. The maximum absolute atomic E-state index is 2.47. The van der Waals surface area contributed by atoms with Gasteiger partial charge in [-0.3, -0.25) is 0 Å². The van der Waals surface area contributed by atoms with Gasteiger partial charge in [-0.05, 0) is 0 Å². The fourth-order valence-electron chi connectivity index (χ4n) is 0. The molecule has 4 heteroatoms. The van der Waals surface area contributed by atoms with Crippen LogP contribution < -0.4 is 0 Å². The van der Waals surface area contributed by atoms with Gasteiger partial charge in [0.05, 0.1) is 0 Å². The Morgan fingerprint density at radius 3 is 1.25 bits per heavy atom. The summed E-state index contributed by atoms with van der Waals surface area (Å²) < 4.78 is 0. The molecular weight excluding hydrogens is 501 g/mol. The van der Waals surface area contributed by atoms with Gasteiger partial charge < -0.3 is 0 Å². The molecule has 0 bridgehead atoms. The predicted molar refractivity (Wildman–Crippen MR) is 42.3 cm³/mol. The summed E-state index contributed by atoms with van der Waals surface area (Å²) in [7, 11) is 0. The molecular formula is H2CaI2Pb. The fourth-order valence-corrected chi connectivity index (χ4v) is 0. The molecule has 0 rings (SSSR count). The van der Waals surface area contributed by atoms with Gasteiger partial charge in [0.15, 0.2) is 0 Å². The number of hydrogen-bond donors (Lipinski definition) is 0. The molecule has 0 aromatic rings. The molecule has 0 heterocycles. The van der Waals surface area contributed by atoms with E-state index in [1.54, 1.807) is 0 Å². The van der Waals surface area contributed by atoms with E-state index < -0.39 is 0 Å². The molecule has 0 aliphatic rings. The molecule has 0 nitrogen and oxygen atoms in total. The first-order valence-corrected chi connectivity index (χ1v) is 22.2. The van der Waals surface area contributed by atoms with E-state index in [4.69, 9.17) is 0 Å². The zero-order chi connectivity index (χ0) is 2.71. The Hall–Kier alpha value is 3.64. The Kier molecular flexibility index (Phi) is 26.0. The third-order valence-corrected chi connectivity index (χ3v) is 0. The molecule has 0 unspecified atom stereocenters. The van der Waals surface area contributed by atoms with Crippen LogP contribution in [0.15, 0.2) is 0 Å². The summed E-state index contributed by atoms with van der Waals surface area (Å²) in [5.41, 5.74) is 0. The van der Waals surface area contributed by atoms with Crippen LogP contribution in [0.3, 0.4) is 0 Å². The van der Waals surface area contributed by atoms with Gasteiger partial charge in [-0.1, -0.05) is 0 Å². The third kappa shape index (κ3) is 9.17. The topological polar surface area (TPSA) is 0 Å². The number of hydrogen-bond acceptors (Lipinski definition) is 0. The van der Waals surface area contributed by atoms with Crippen molar-refractivity contribution >= 4 is 88.9 Å². The molecule has 0 N–H and O–H groups in total. The van der Waals surface area contributed by atoms with Crippen LogP contribution in [0.25, 0.3) is 0 Å². The van der Waals surface area contributed by atoms with Gasteiger partial charge >= 0.3 is 88.9 Å². The SMILES string of the molecule is [CaH2].[I][Pb][I]. The fraction of sp³-hybridized carbons (Fsp3) is 0. The van der Waals surface area contributed by atoms with Crippen LogP contribution in [-0.4, -0.2) is 53.4 Å². The van der Waals surface area contributed by atoms with Gasteiger partial charge in [-0.15, -0.1) is 0 Å². The maximum atomic E-state index is 2.47. The summed E-state index contributed by atoms with van der Waals surface area (Å²) in [4.78, 5) is 0. The van der Waals surface area contributed by atoms with Gasteiger partial charge in [0.25, 0.3) is 0 Å². The minimum absolute atomic E-state index is 0. The van der Waals surface area contributed by atoms with Crippen LogP contribution in [-0.2, 0) is 0 Å². The van der Waals surface area contributed by atoms with Gasteiger partial charge in [-0.2, -0.15) is 0 Å². The van der Waals surface area contributed by atoms with Crippen molar-refractivity contribution in [3.63, 3.8) is 0 Å². The van der Waals surface area contributed by atoms with E-state index in [-0.39, 0.29) is 53.4 Å². The van der Waals surface area contributed by atoms with Crippen LogP contribution in [0, 0.1) is 0 Å². The zero-order valence-electron chi connectivity index (χ0n) is 1.26. The van der Waals surface area contributed by atoms with Crippen molar-refractivity contribution < 1.29 is 0 Å². The molecule has 22 valence electrons. The first-order valence-electron chi connectivity index (χ1n) is 0.378. The minimum atomic E-state index is 0. The van der Waals surface area contributed by atoms with Crippen LogP contribution in [0.1, 0.15) is 0 Å². The number of halogens is 2. The van der Waals surface area contributed by atoms with Crippen molar-refractivity contribution in [2.45, 2.75) is 0 Å². The normalized spacial score (nSPS) is 4.50. The van der Waals surface area contributed by atoms with Crippen LogP contribution in [0.5, 0.6) is 0 Å². The standard InChI is InChI=1S/Ca.2HI.Pb.2H/h;2*1H;;;/q;;;+2;;/p-2. The molecule has 0 aliphatic carbocycles. The van der Waals surface area contributed by atoms with Crippen molar-refractivity contribution in [3.8, 4) is 0 Å².